The van der Waals surface area contributed by atoms with Crippen LogP contribution in [0, 0.1) is 20.8 Å². The van der Waals surface area contributed by atoms with E-state index in [0.717, 1.165) is 37.2 Å². The number of aromatic hydroxyl groups is 1. The fourth-order valence-electron chi connectivity index (χ4n) is 4.60. The number of halogens is 1. The molecule has 1 N–H and O–H groups in total. The van der Waals surface area contributed by atoms with Gasteiger partial charge in [-0.15, -0.1) is 11.3 Å². The monoisotopic (exact) mass is 495 g/mol. The summed E-state index contributed by atoms with van der Waals surface area (Å²) in [6.45, 7) is 14.0. The summed E-state index contributed by atoms with van der Waals surface area (Å²) in [5.74, 6) is 0.392. The fraction of sp³-hybridized carbons (Fsp3) is 0.333. The topological polar surface area (TPSA) is 23.5 Å². The van der Waals surface area contributed by atoms with Crippen LogP contribution < -0.4 is 0 Å². The number of likely N-dealkylation sites (N-methyl/N-ethyl adjacent to an activating group) is 1. The number of phenols is 1. The minimum atomic E-state index is 0.392. The highest BCUT2D eigenvalue weighted by molar-refractivity contribution is 9.11. The molecule has 31 heavy (non-hydrogen) atoms. The Kier molecular flexibility index (Phi) is 6.43. The number of hydrogen-bond donors (Lipinski definition) is 1. The van der Waals surface area contributed by atoms with Crippen LogP contribution in [0.15, 0.2) is 40.9 Å². The molecule has 0 unspecified atom stereocenters. The third-order valence-electron chi connectivity index (χ3n) is 6.46. The van der Waals surface area contributed by atoms with Crippen molar-refractivity contribution in [3.05, 3.63) is 62.4 Å². The summed E-state index contributed by atoms with van der Waals surface area (Å²) in [6, 6.07) is 12.9. The van der Waals surface area contributed by atoms with Gasteiger partial charge in [-0.25, -0.2) is 0 Å². The molecular weight excluding hydrogens is 466 g/mol. The lowest BCUT2D eigenvalue weighted by atomic mass is 9.91. The standard InChI is InChI=1S/C27H30BrNOS/c1-6-29(7-2)13-12-22-18(5)23-24(19-14-16(3)26(30)17(4)15-19)20-10-8-9-11-21(20)25(28)27(23)31-22/h8-11,14-15,30H,6-7,12-13H2,1-5H3. The summed E-state index contributed by atoms with van der Waals surface area (Å²) in [5, 5.41) is 14.2. The summed E-state index contributed by atoms with van der Waals surface area (Å²) in [6.07, 6.45) is 1.07. The first-order chi connectivity index (χ1) is 14.9. The Balaban J connectivity index is 2.02. The number of fused-ring (bicyclic) bond motifs is 2. The van der Waals surface area contributed by atoms with Gasteiger partial charge in [0.2, 0.25) is 0 Å². The lowest BCUT2D eigenvalue weighted by Crippen LogP contribution is -2.25. The van der Waals surface area contributed by atoms with Crippen LogP contribution in [0.25, 0.3) is 32.0 Å². The van der Waals surface area contributed by atoms with E-state index >= 15 is 0 Å². The predicted molar refractivity (Wildman–Crippen MR) is 140 cm³/mol. The highest BCUT2D eigenvalue weighted by Crippen LogP contribution is 2.48. The van der Waals surface area contributed by atoms with Crippen LogP contribution in [-0.4, -0.2) is 29.6 Å². The first-order valence-corrected chi connectivity index (χ1v) is 12.6. The number of hydrogen-bond acceptors (Lipinski definition) is 3. The molecule has 4 rings (SSSR count). The van der Waals surface area contributed by atoms with Gasteiger partial charge in [-0.1, -0.05) is 38.1 Å². The van der Waals surface area contributed by atoms with Crippen molar-refractivity contribution in [1.82, 2.24) is 4.90 Å². The second-order valence-corrected chi connectivity index (χ2v) is 10.2. The quantitative estimate of drug-likeness (QED) is 0.292. The molecule has 0 saturated carbocycles. The van der Waals surface area contributed by atoms with Crippen molar-refractivity contribution >= 4 is 48.1 Å². The van der Waals surface area contributed by atoms with Crippen LogP contribution in [0.1, 0.15) is 35.4 Å². The van der Waals surface area contributed by atoms with Gasteiger partial charge in [-0.05, 0) is 107 Å². The second-order valence-electron chi connectivity index (χ2n) is 8.32. The molecule has 4 heteroatoms. The molecule has 0 spiro atoms. The van der Waals surface area contributed by atoms with Crippen molar-refractivity contribution in [2.75, 3.05) is 19.6 Å². The van der Waals surface area contributed by atoms with E-state index in [2.05, 4.69) is 78.0 Å². The molecule has 0 amide bonds. The molecule has 1 aromatic heterocycles. The van der Waals surface area contributed by atoms with Crippen molar-refractivity contribution < 1.29 is 5.11 Å². The molecule has 0 fully saturated rings. The molecule has 0 aliphatic carbocycles. The smallest absolute Gasteiger partial charge is 0.121 e. The van der Waals surface area contributed by atoms with Crippen LogP contribution in [-0.2, 0) is 6.42 Å². The maximum atomic E-state index is 10.4. The largest absolute Gasteiger partial charge is 0.507 e. The molecule has 0 radical (unpaired) electrons. The lowest BCUT2D eigenvalue weighted by Gasteiger charge is -2.17. The summed E-state index contributed by atoms with van der Waals surface area (Å²) in [4.78, 5) is 3.95. The molecule has 0 saturated heterocycles. The number of thiophene rings is 1. The number of aryl methyl sites for hydroxylation is 3. The van der Waals surface area contributed by atoms with E-state index in [9.17, 15) is 5.11 Å². The summed E-state index contributed by atoms with van der Waals surface area (Å²) in [7, 11) is 0. The SMILES string of the molecule is CCN(CC)CCc1sc2c(Br)c3ccccc3c(-c3cc(C)c(O)c(C)c3)c2c1C. The highest BCUT2D eigenvalue weighted by atomic mass is 79.9. The van der Waals surface area contributed by atoms with E-state index in [1.165, 1.54) is 46.9 Å². The molecule has 0 aliphatic heterocycles. The van der Waals surface area contributed by atoms with Gasteiger partial charge in [0.15, 0.2) is 0 Å². The van der Waals surface area contributed by atoms with E-state index in [1.807, 2.05) is 25.2 Å². The molecule has 3 aromatic carbocycles. The van der Waals surface area contributed by atoms with Gasteiger partial charge in [0, 0.05) is 21.3 Å². The molecule has 0 bridgehead atoms. The van der Waals surface area contributed by atoms with Crippen molar-refractivity contribution in [3.8, 4) is 16.9 Å². The van der Waals surface area contributed by atoms with Gasteiger partial charge >= 0.3 is 0 Å². The van der Waals surface area contributed by atoms with Crippen molar-refractivity contribution in [3.63, 3.8) is 0 Å². The van der Waals surface area contributed by atoms with E-state index in [0.29, 0.717) is 5.75 Å². The van der Waals surface area contributed by atoms with Gasteiger partial charge < -0.3 is 10.0 Å². The van der Waals surface area contributed by atoms with Crippen LogP contribution in [0.3, 0.4) is 0 Å². The molecule has 162 valence electrons. The van der Waals surface area contributed by atoms with Crippen molar-refractivity contribution in [1.29, 1.82) is 0 Å². The molecule has 0 aliphatic rings. The summed E-state index contributed by atoms with van der Waals surface area (Å²) >= 11 is 5.87. The Bertz CT molecular complexity index is 1250. The number of phenolic OH excluding ortho intramolecular Hbond substituents is 1. The average molecular weight is 497 g/mol. The van der Waals surface area contributed by atoms with Gasteiger partial charge in [0.05, 0.1) is 4.70 Å². The van der Waals surface area contributed by atoms with E-state index in [4.69, 9.17) is 0 Å². The zero-order chi connectivity index (χ0) is 22.3. The Hall–Kier alpha value is -1.88. The first kappa shape index (κ1) is 22.3. The minimum absolute atomic E-state index is 0.392. The highest BCUT2D eigenvalue weighted by Gasteiger charge is 2.21. The first-order valence-electron chi connectivity index (χ1n) is 11.0. The Labute approximate surface area is 197 Å². The predicted octanol–water partition coefficient (Wildman–Crippen LogP) is 8.00. The third-order valence-corrected chi connectivity index (χ3v) is 8.91. The lowest BCUT2D eigenvalue weighted by molar-refractivity contribution is 0.308. The van der Waals surface area contributed by atoms with Crippen LogP contribution in [0.4, 0.5) is 0 Å². The summed E-state index contributed by atoms with van der Waals surface area (Å²) < 4.78 is 2.51. The van der Waals surface area contributed by atoms with E-state index < -0.39 is 0 Å². The maximum absolute atomic E-state index is 10.4. The summed E-state index contributed by atoms with van der Waals surface area (Å²) in [5.41, 5.74) is 5.69. The van der Waals surface area contributed by atoms with Crippen molar-refractivity contribution in [2.24, 2.45) is 0 Å². The molecule has 1 heterocycles. The van der Waals surface area contributed by atoms with Gasteiger partial charge in [0.1, 0.15) is 5.75 Å². The van der Waals surface area contributed by atoms with Crippen molar-refractivity contribution in [2.45, 2.75) is 41.0 Å². The van der Waals surface area contributed by atoms with Gasteiger partial charge in [-0.2, -0.15) is 0 Å². The van der Waals surface area contributed by atoms with Gasteiger partial charge in [0.25, 0.3) is 0 Å². The Morgan fingerprint density at radius 1 is 0.968 bits per heavy atom. The molecule has 4 aromatic rings. The second kappa shape index (κ2) is 8.93. The maximum Gasteiger partial charge on any atom is 0.121 e. The zero-order valence-electron chi connectivity index (χ0n) is 19.0. The number of rotatable bonds is 6. The zero-order valence-corrected chi connectivity index (χ0v) is 21.4. The van der Waals surface area contributed by atoms with E-state index in [1.54, 1.807) is 0 Å². The average Bonchev–Trinajstić information content (AvgIpc) is 3.09. The third kappa shape index (κ3) is 3.90. The Morgan fingerprint density at radius 2 is 1.58 bits per heavy atom. The fourth-order valence-corrected chi connectivity index (χ4v) is 6.64. The Morgan fingerprint density at radius 3 is 2.19 bits per heavy atom. The normalized spacial score (nSPS) is 11.8. The number of benzene rings is 3. The van der Waals surface area contributed by atoms with Gasteiger partial charge in [-0.3, -0.25) is 0 Å². The molecular formula is C27H30BrNOS. The number of nitrogens with zero attached hydrogens (tertiary/aromatic N) is 1. The molecule has 2 nitrogen and oxygen atoms in total. The minimum Gasteiger partial charge on any atom is -0.507 e. The van der Waals surface area contributed by atoms with Crippen LogP contribution in [0.5, 0.6) is 5.75 Å². The van der Waals surface area contributed by atoms with Crippen LogP contribution in [0.2, 0.25) is 0 Å². The van der Waals surface area contributed by atoms with E-state index in [-0.39, 0.29) is 0 Å². The molecule has 0 atom stereocenters. The van der Waals surface area contributed by atoms with Crippen LogP contribution >= 0.6 is 27.3 Å².